The molecule has 0 atom stereocenters. The second-order valence-corrected chi connectivity index (χ2v) is 6.84. The van der Waals surface area contributed by atoms with Crippen LogP contribution in [-0.4, -0.2) is 26.3 Å². The van der Waals surface area contributed by atoms with Gasteiger partial charge in [-0.3, -0.25) is 4.79 Å². The van der Waals surface area contributed by atoms with Crippen molar-refractivity contribution in [3.63, 3.8) is 0 Å². The summed E-state index contributed by atoms with van der Waals surface area (Å²) < 4.78 is 19.3. The van der Waals surface area contributed by atoms with Crippen LogP contribution in [0.25, 0.3) is 0 Å². The zero-order valence-corrected chi connectivity index (χ0v) is 14.8. The van der Waals surface area contributed by atoms with E-state index in [2.05, 4.69) is 5.32 Å². The highest BCUT2D eigenvalue weighted by molar-refractivity contribution is 6.34. The lowest BCUT2D eigenvalue weighted by molar-refractivity contribution is -0.121. The predicted octanol–water partition coefficient (Wildman–Crippen LogP) is 2.67. The number of nitrogens with one attached hydrogen (secondary N) is 1. The van der Waals surface area contributed by atoms with Crippen molar-refractivity contribution in [2.75, 3.05) is 17.3 Å². The van der Waals surface area contributed by atoms with Crippen LogP contribution < -0.4 is 20.4 Å². The van der Waals surface area contributed by atoms with E-state index in [1.54, 1.807) is 24.1 Å². The molecule has 0 saturated heterocycles. The van der Waals surface area contributed by atoms with E-state index in [1.165, 1.54) is 12.1 Å². The van der Waals surface area contributed by atoms with Gasteiger partial charge in [0.1, 0.15) is 31.6 Å². The number of amides is 1. The van der Waals surface area contributed by atoms with Crippen LogP contribution in [0.5, 0.6) is 5.75 Å². The third-order valence-corrected chi connectivity index (χ3v) is 4.46. The molecule has 0 fully saturated rings. The van der Waals surface area contributed by atoms with E-state index in [0.29, 0.717) is 22.5 Å². The molecule has 2 aromatic carbocycles. The van der Waals surface area contributed by atoms with Crippen LogP contribution in [0.1, 0.15) is 25.0 Å². The van der Waals surface area contributed by atoms with E-state index < -0.39 is 5.54 Å². The molecule has 0 saturated carbocycles. The van der Waals surface area contributed by atoms with Gasteiger partial charge in [-0.05, 0) is 38.5 Å². The number of carbonyl (C=O) groups excluding carboxylic acids is 1. The minimum Gasteiger partial charge on any atom is -0.488 e. The van der Waals surface area contributed by atoms with Crippen molar-refractivity contribution in [1.82, 2.24) is 0 Å². The third kappa shape index (κ3) is 3.08. The second-order valence-electron chi connectivity index (χ2n) is 6.84. The molecule has 2 aromatic rings. The quantitative estimate of drug-likeness (QED) is 0.875. The summed E-state index contributed by atoms with van der Waals surface area (Å²) in [7, 11) is 7.85. The number of hydrogen-bond acceptors (Lipinski definition) is 3. The fourth-order valence-corrected chi connectivity index (χ4v) is 3.08. The van der Waals surface area contributed by atoms with Gasteiger partial charge in [0, 0.05) is 18.7 Å². The van der Waals surface area contributed by atoms with E-state index in [1.807, 2.05) is 26.8 Å². The van der Waals surface area contributed by atoms with Crippen LogP contribution in [0.3, 0.4) is 0 Å². The molecule has 1 aliphatic heterocycles. The van der Waals surface area contributed by atoms with Gasteiger partial charge in [0.2, 0.25) is 0 Å². The predicted molar refractivity (Wildman–Crippen MR) is 98.4 cm³/mol. The SMILES string of the molecule is [B]c1ccc2c(c1COc1cc(F)ccc1C)N(C)C(=O)C(C)(C)N2. The van der Waals surface area contributed by atoms with Crippen molar-refractivity contribution < 1.29 is 13.9 Å². The van der Waals surface area contributed by atoms with Gasteiger partial charge in [-0.1, -0.05) is 17.6 Å². The molecular weight excluding hydrogens is 318 g/mol. The van der Waals surface area contributed by atoms with Crippen LogP contribution in [0.15, 0.2) is 30.3 Å². The number of halogens is 1. The molecule has 6 heteroatoms. The highest BCUT2D eigenvalue weighted by atomic mass is 19.1. The largest absolute Gasteiger partial charge is 0.488 e. The summed E-state index contributed by atoms with van der Waals surface area (Å²) in [6, 6.07) is 8.03. The highest BCUT2D eigenvalue weighted by Crippen LogP contribution is 2.37. The zero-order chi connectivity index (χ0) is 18.4. The zero-order valence-electron chi connectivity index (χ0n) is 14.8. The van der Waals surface area contributed by atoms with Gasteiger partial charge in [-0.25, -0.2) is 4.39 Å². The summed E-state index contributed by atoms with van der Waals surface area (Å²) >= 11 is 0. The molecule has 1 N–H and O–H groups in total. The monoisotopic (exact) mass is 338 g/mol. The third-order valence-electron chi connectivity index (χ3n) is 4.46. The summed E-state index contributed by atoms with van der Waals surface area (Å²) in [6.45, 7) is 5.65. The Morgan fingerprint density at radius 2 is 2.00 bits per heavy atom. The van der Waals surface area contributed by atoms with Crippen LogP contribution >= 0.6 is 0 Å². The molecule has 2 radical (unpaired) electrons. The van der Waals surface area contributed by atoms with Crippen LogP contribution in [0.4, 0.5) is 15.8 Å². The fraction of sp³-hybridized carbons (Fsp3) is 0.316. The highest BCUT2D eigenvalue weighted by Gasteiger charge is 2.38. The maximum absolute atomic E-state index is 13.5. The van der Waals surface area contributed by atoms with E-state index in [9.17, 15) is 9.18 Å². The Labute approximate surface area is 148 Å². The van der Waals surface area contributed by atoms with Gasteiger partial charge in [0.15, 0.2) is 0 Å². The van der Waals surface area contributed by atoms with E-state index in [-0.39, 0.29) is 18.3 Å². The number of aryl methyl sites for hydroxylation is 1. The first-order valence-electron chi connectivity index (χ1n) is 8.07. The number of benzene rings is 2. The number of likely N-dealkylation sites (N-methyl/N-ethyl adjacent to an activating group) is 1. The van der Waals surface area contributed by atoms with E-state index >= 15 is 0 Å². The number of ether oxygens (including phenoxy) is 1. The number of fused-ring (bicyclic) bond motifs is 1. The second kappa shape index (κ2) is 6.10. The summed E-state index contributed by atoms with van der Waals surface area (Å²) in [4.78, 5) is 14.2. The number of hydrogen-bond donors (Lipinski definition) is 1. The van der Waals surface area contributed by atoms with Crippen molar-refractivity contribution in [3.05, 3.63) is 47.3 Å². The number of nitrogens with zero attached hydrogens (tertiary/aromatic N) is 1. The topological polar surface area (TPSA) is 41.6 Å². The Kier molecular flexibility index (Phi) is 4.23. The molecule has 0 aromatic heterocycles. The first kappa shape index (κ1) is 17.3. The van der Waals surface area contributed by atoms with Crippen molar-refractivity contribution in [3.8, 4) is 5.75 Å². The van der Waals surface area contributed by atoms with Crippen molar-refractivity contribution in [2.45, 2.75) is 32.9 Å². The molecule has 25 heavy (non-hydrogen) atoms. The lowest BCUT2D eigenvalue weighted by Gasteiger charge is -2.39. The van der Waals surface area contributed by atoms with Gasteiger partial charge in [-0.2, -0.15) is 0 Å². The van der Waals surface area contributed by atoms with Crippen molar-refractivity contribution >= 4 is 30.6 Å². The van der Waals surface area contributed by atoms with Gasteiger partial charge < -0.3 is 15.0 Å². The minimum absolute atomic E-state index is 0.0613. The summed E-state index contributed by atoms with van der Waals surface area (Å²) in [5, 5.41) is 3.24. The lowest BCUT2D eigenvalue weighted by Crippen LogP contribution is -2.53. The Bertz CT molecular complexity index is 852. The number of rotatable bonds is 3. The van der Waals surface area contributed by atoms with Crippen LogP contribution in [0.2, 0.25) is 0 Å². The van der Waals surface area contributed by atoms with E-state index in [0.717, 1.165) is 11.3 Å². The maximum atomic E-state index is 13.5. The normalized spacial score (nSPS) is 15.6. The Hall–Kier alpha value is -2.50. The van der Waals surface area contributed by atoms with Gasteiger partial charge in [0.25, 0.3) is 5.91 Å². The van der Waals surface area contributed by atoms with Crippen molar-refractivity contribution in [1.29, 1.82) is 0 Å². The average Bonchev–Trinajstić information content (AvgIpc) is 2.55. The molecule has 0 bridgehead atoms. The molecular formula is C19H20BFN2O2. The van der Waals surface area contributed by atoms with E-state index in [4.69, 9.17) is 12.6 Å². The molecule has 0 aliphatic carbocycles. The summed E-state index contributed by atoms with van der Waals surface area (Å²) in [5.74, 6) is 0.0308. The number of anilines is 2. The molecule has 3 rings (SSSR count). The smallest absolute Gasteiger partial charge is 0.251 e. The Morgan fingerprint density at radius 1 is 1.28 bits per heavy atom. The average molecular weight is 338 g/mol. The minimum atomic E-state index is -0.699. The maximum Gasteiger partial charge on any atom is 0.251 e. The molecule has 4 nitrogen and oxygen atoms in total. The Morgan fingerprint density at radius 3 is 2.72 bits per heavy atom. The molecule has 1 heterocycles. The summed E-state index contributed by atoms with van der Waals surface area (Å²) in [5.41, 5.74) is 2.85. The fourth-order valence-electron chi connectivity index (χ4n) is 3.08. The molecule has 0 spiro atoms. The van der Waals surface area contributed by atoms with Gasteiger partial charge in [-0.15, -0.1) is 0 Å². The van der Waals surface area contributed by atoms with Crippen LogP contribution in [-0.2, 0) is 11.4 Å². The molecule has 1 amide bonds. The number of carbonyl (C=O) groups is 1. The molecule has 128 valence electrons. The molecule has 0 unspecified atom stereocenters. The first-order valence-corrected chi connectivity index (χ1v) is 8.07. The lowest BCUT2D eigenvalue weighted by atomic mass is 9.86. The standard InChI is InChI=1S/C19H20BFN2O2/c1-11-5-6-12(21)9-16(11)25-10-13-14(20)7-8-15-17(13)23(4)18(24)19(2,3)22-15/h5-9,22H,10H2,1-4H3. The van der Waals surface area contributed by atoms with Crippen LogP contribution in [0, 0.1) is 12.7 Å². The molecule has 1 aliphatic rings. The van der Waals surface area contributed by atoms with Gasteiger partial charge in [0.05, 0.1) is 11.4 Å². The Balaban J connectivity index is 1.98. The summed E-state index contributed by atoms with van der Waals surface area (Å²) in [6.07, 6.45) is 0. The first-order chi connectivity index (χ1) is 11.7. The van der Waals surface area contributed by atoms with Crippen molar-refractivity contribution in [2.24, 2.45) is 0 Å². The van der Waals surface area contributed by atoms with Gasteiger partial charge >= 0.3 is 0 Å².